The van der Waals surface area contributed by atoms with Crippen LogP contribution in [0.4, 0.5) is 5.69 Å². The van der Waals surface area contributed by atoms with Crippen LogP contribution in [0.15, 0.2) is 30.3 Å². The van der Waals surface area contributed by atoms with Gasteiger partial charge in [0.25, 0.3) is 0 Å². The summed E-state index contributed by atoms with van der Waals surface area (Å²) in [6.07, 6.45) is 3.76. The number of halogens is 3. The van der Waals surface area contributed by atoms with Crippen LogP contribution in [0, 0.1) is 17.3 Å². The average Bonchev–Trinajstić information content (AvgIpc) is 3.26. The quantitative estimate of drug-likeness (QED) is 0.364. The van der Waals surface area contributed by atoms with Crippen molar-refractivity contribution in [1.82, 2.24) is 19.9 Å². The van der Waals surface area contributed by atoms with Gasteiger partial charge in [-0.25, -0.2) is 4.68 Å². The van der Waals surface area contributed by atoms with Crippen molar-refractivity contribution in [3.63, 3.8) is 0 Å². The summed E-state index contributed by atoms with van der Waals surface area (Å²) in [7, 11) is 0. The van der Waals surface area contributed by atoms with Crippen LogP contribution >= 0.6 is 34.8 Å². The van der Waals surface area contributed by atoms with Crippen molar-refractivity contribution in [3.8, 4) is 0 Å². The second-order valence-corrected chi connectivity index (χ2v) is 12.6. The van der Waals surface area contributed by atoms with Crippen molar-refractivity contribution in [2.45, 2.75) is 51.5 Å². The smallest absolute Gasteiger partial charge is 0.309 e. The van der Waals surface area contributed by atoms with E-state index in [9.17, 15) is 9.90 Å². The van der Waals surface area contributed by atoms with E-state index in [-0.39, 0.29) is 5.02 Å². The number of aliphatic carboxylic acids is 1. The van der Waals surface area contributed by atoms with Crippen LogP contribution in [0.3, 0.4) is 0 Å². The monoisotopic (exact) mass is 578 g/mol. The van der Waals surface area contributed by atoms with Crippen molar-refractivity contribution in [1.29, 1.82) is 0 Å². The van der Waals surface area contributed by atoms with Crippen LogP contribution in [-0.2, 0) is 4.79 Å². The van der Waals surface area contributed by atoms with Crippen LogP contribution in [-0.4, -0.2) is 63.2 Å². The Kier molecular flexibility index (Phi) is 5.89. The van der Waals surface area contributed by atoms with Crippen molar-refractivity contribution in [2.24, 2.45) is 17.3 Å². The van der Waals surface area contributed by atoms with Crippen molar-refractivity contribution in [2.75, 3.05) is 31.1 Å². The van der Waals surface area contributed by atoms with E-state index < -0.39 is 24.3 Å². The number of carbonyl (C=O) groups is 1. The van der Waals surface area contributed by atoms with Crippen molar-refractivity contribution in [3.05, 3.63) is 51.0 Å². The zero-order valence-electron chi connectivity index (χ0n) is 24.1. The topological polar surface area (TPSA) is 74.5 Å². The van der Waals surface area contributed by atoms with Crippen molar-refractivity contribution < 1.29 is 14.0 Å². The molecule has 1 aliphatic carbocycles. The molecule has 0 unspecified atom stereocenters. The Morgan fingerprint density at radius 1 is 1.13 bits per heavy atom. The number of fused-ring (bicyclic) bond motifs is 1. The predicted octanol–water partition coefficient (Wildman–Crippen LogP) is 6.40. The lowest BCUT2D eigenvalue weighted by Gasteiger charge is -2.52. The molecule has 38 heavy (non-hydrogen) atoms. The number of nitrogens with zero attached hydrogens (tertiary/aromatic N) is 5. The molecule has 2 atom stereocenters. The van der Waals surface area contributed by atoms with Crippen LogP contribution in [0.2, 0.25) is 15.1 Å². The van der Waals surface area contributed by atoms with Gasteiger partial charge in [0, 0.05) is 45.5 Å². The average molecular weight is 580 g/mol. The maximum Gasteiger partial charge on any atom is 0.309 e. The summed E-state index contributed by atoms with van der Waals surface area (Å²) in [5.74, 6) is 0.407. The van der Waals surface area contributed by atoms with Gasteiger partial charge in [0.1, 0.15) is 5.52 Å². The number of likely N-dealkylation sites (tertiary alicyclic amines) is 1. The molecule has 0 amide bonds. The number of aromatic nitrogens is 3. The third-order valence-electron chi connectivity index (χ3n) is 8.85. The minimum absolute atomic E-state index is 0.242. The third-order valence-corrected chi connectivity index (χ3v) is 9.70. The van der Waals surface area contributed by atoms with E-state index in [1.54, 1.807) is 12.1 Å². The number of carboxylic acid groups (broad SMARTS) is 1. The Hall–Kier alpha value is -2.06. The lowest BCUT2D eigenvalue weighted by molar-refractivity contribution is -0.158. The Balaban J connectivity index is 1.20. The Morgan fingerprint density at radius 2 is 1.92 bits per heavy atom. The Labute approximate surface area is 241 Å². The lowest BCUT2D eigenvalue weighted by Crippen LogP contribution is -2.58. The van der Waals surface area contributed by atoms with E-state index in [1.807, 2.05) is 19.1 Å². The lowest BCUT2D eigenvalue weighted by atomic mass is 9.65. The highest BCUT2D eigenvalue weighted by Gasteiger charge is 2.49. The van der Waals surface area contributed by atoms with Gasteiger partial charge in [-0.05, 0) is 87.7 Å². The van der Waals surface area contributed by atoms with E-state index in [1.165, 1.54) is 17.2 Å². The number of anilines is 1. The van der Waals surface area contributed by atoms with Crippen LogP contribution in [0.25, 0.3) is 11.0 Å². The molecule has 1 saturated carbocycles. The number of carboxylic acids is 1. The van der Waals surface area contributed by atoms with Gasteiger partial charge in [0.05, 0.1) is 22.0 Å². The number of piperidine rings is 1. The molecule has 1 aromatic heterocycles. The van der Waals surface area contributed by atoms with Gasteiger partial charge in [0.15, 0.2) is 0 Å². The normalized spacial score (nSPS) is 28.7. The minimum atomic E-state index is -2.46. The van der Waals surface area contributed by atoms with Gasteiger partial charge in [-0.2, -0.15) is 0 Å². The fourth-order valence-electron chi connectivity index (χ4n) is 6.41. The zero-order chi connectivity index (χ0) is 29.3. The van der Waals surface area contributed by atoms with E-state index >= 15 is 0 Å². The van der Waals surface area contributed by atoms with Crippen LogP contribution < -0.4 is 4.90 Å². The summed E-state index contributed by atoms with van der Waals surface area (Å²) >= 11 is 19.2. The van der Waals surface area contributed by atoms with Crippen molar-refractivity contribution >= 4 is 57.5 Å². The summed E-state index contributed by atoms with van der Waals surface area (Å²) < 4.78 is 26.3. The minimum Gasteiger partial charge on any atom is -0.481 e. The van der Waals surface area contributed by atoms with E-state index in [0.717, 1.165) is 51.1 Å². The molecular formula is C28H32Cl3N5O2. The molecule has 0 radical (unpaired) electrons. The second-order valence-electron chi connectivity index (χ2n) is 11.4. The second kappa shape index (κ2) is 9.84. The fourth-order valence-corrected chi connectivity index (χ4v) is 7.16. The first-order valence-corrected chi connectivity index (χ1v) is 14.2. The maximum absolute atomic E-state index is 11.5. The van der Waals surface area contributed by atoms with Gasteiger partial charge < -0.3 is 14.9 Å². The van der Waals surface area contributed by atoms with Gasteiger partial charge in [0.2, 0.25) is 0 Å². The first kappa shape index (κ1) is 22.7. The predicted molar refractivity (Wildman–Crippen MR) is 152 cm³/mol. The molecule has 2 aliphatic heterocycles. The molecule has 1 N–H and O–H groups in total. The highest BCUT2D eigenvalue weighted by Crippen LogP contribution is 2.46. The van der Waals surface area contributed by atoms with Gasteiger partial charge in [-0.1, -0.05) is 46.1 Å². The van der Waals surface area contributed by atoms with E-state index in [2.05, 4.69) is 20.1 Å². The van der Waals surface area contributed by atoms with Crippen LogP contribution in [0.1, 0.15) is 55.2 Å². The number of hydrogen-bond donors (Lipinski definition) is 1. The van der Waals surface area contributed by atoms with Gasteiger partial charge in [-0.3, -0.25) is 4.79 Å². The summed E-state index contributed by atoms with van der Waals surface area (Å²) in [4.78, 5) is 16.3. The van der Waals surface area contributed by atoms with Crippen LogP contribution in [0.5, 0.6) is 0 Å². The summed E-state index contributed by atoms with van der Waals surface area (Å²) in [5.41, 5.74) is 1.66. The molecule has 2 saturated heterocycles. The number of benzene rings is 2. The Morgan fingerprint density at radius 3 is 2.63 bits per heavy atom. The molecule has 0 bridgehead atoms. The zero-order valence-corrected chi connectivity index (χ0v) is 23.3. The molecule has 0 spiro atoms. The van der Waals surface area contributed by atoms with E-state index in [4.69, 9.17) is 38.9 Å². The fraction of sp³-hybridized carbons (Fsp3) is 0.536. The van der Waals surface area contributed by atoms with Gasteiger partial charge in [-0.15, -0.1) is 5.10 Å². The standard InChI is InChI=1S/C28H32Cl3N5O2/c1-16(22-6-5-19(29)8-23(22)30)36-25-10-20(9-24(31)26(25)32-33-36)35-14-18(15-35)17-4-3-7-34(13-17)21-11-28(2,12-21)27(37)38/h5-6,8-10,16-18,21H,3-4,7,11-15H2,1-2H3,(H,37,38)/t16-,17+,21?,28?/m1/s1/i1D3. The highest BCUT2D eigenvalue weighted by atomic mass is 35.5. The Bertz CT molecular complexity index is 1490. The first-order chi connectivity index (χ1) is 19.3. The molecule has 202 valence electrons. The molecule has 10 heteroatoms. The molecular weight excluding hydrogens is 545 g/mol. The molecule has 6 rings (SSSR count). The first-order valence-electron chi connectivity index (χ1n) is 14.6. The summed E-state index contributed by atoms with van der Waals surface area (Å²) in [5, 5.41) is 19.0. The number of hydrogen-bond acceptors (Lipinski definition) is 5. The SMILES string of the molecule is [2H]C([2H])([2H])[C@H](c1ccc(Cl)cc1Cl)n1nnc2c(Cl)cc(N3CC([C@H]4CCCN(C5CC(C)(C(=O)O)C5)C4)C3)cc21. The largest absolute Gasteiger partial charge is 0.481 e. The molecule has 3 heterocycles. The molecule has 3 aromatic rings. The summed E-state index contributed by atoms with van der Waals surface area (Å²) in [6.45, 7) is 3.20. The number of rotatable bonds is 6. The van der Waals surface area contributed by atoms with E-state index in [0.29, 0.717) is 44.5 Å². The molecule has 3 aliphatic rings. The molecule has 7 nitrogen and oxygen atoms in total. The third kappa shape index (κ3) is 4.55. The molecule has 3 fully saturated rings. The van der Waals surface area contributed by atoms with Gasteiger partial charge >= 0.3 is 5.97 Å². The summed E-state index contributed by atoms with van der Waals surface area (Å²) in [6, 6.07) is 7.72. The highest BCUT2D eigenvalue weighted by molar-refractivity contribution is 6.35. The molecule has 2 aromatic carbocycles. The maximum atomic E-state index is 11.5.